The highest BCUT2D eigenvalue weighted by Gasteiger charge is 2.22. The molecule has 0 amide bonds. The molecule has 4 heteroatoms. The number of ether oxygens (including phenoxy) is 3. The maximum atomic E-state index is 12.6. The molecule has 0 aliphatic carbocycles. The van der Waals surface area contributed by atoms with Crippen molar-refractivity contribution < 1.29 is 19.0 Å². The molecule has 0 aliphatic rings. The third-order valence-corrected chi connectivity index (χ3v) is 4.30. The first kappa shape index (κ1) is 21.3. The van der Waals surface area contributed by atoms with Crippen molar-refractivity contribution in [3.05, 3.63) is 71.8 Å². The Balaban J connectivity index is 2.34. The molecule has 0 bridgehead atoms. The van der Waals surface area contributed by atoms with Gasteiger partial charge in [0.15, 0.2) is 5.78 Å². The maximum absolute atomic E-state index is 12.6. The summed E-state index contributed by atoms with van der Waals surface area (Å²) in [6, 6.07) is 10.9. The summed E-state index contributed by atoms with van der Waals surface area (Å²) in [5.41, 5.74) is 2.27. The van der Waals surface area contributed by atoms with E-state index >= 15 is 0 Å². The second kappa shape index (κ2) is 9.27. The molecule has 0 unspecified atom stereocenters. The Hall–Kier alpha value is -3.01. The van der Waals surface area contributed by atoms with E-state index in [0.29, 0.717) is 29.4 Å². The van der Waals surface area contributed by atoms with Crippen molar-refractivity contribution in [2.75, 3.05) is 20.8 Å². The number of hydrogen-bond donors (Lipinski definition) is 0. The minimum Gasteiger partial charge on any atom is -0.496 e. The lowest BCUT2D eigenvalue weighted by Crippen LogP contribution is -2.13. The number of carbonyl (C=O) groups is 1. The van der Waals surface area contributed by atoms with Gasteiger partial charge in [-0.2, -0.15) is 0 Å². The molecule has 0 fully saturated rings. The molecule has 0 saturated carbocycles. The van der Waals surface area contributed by atoms with E-state index in [-0.39, 0.29) is 11.2 Å². The van der Waals surface area contributed by atoms with Crippen LogP contribution in [0, 0.1) is 0 Å². The molecule has 4 nitrogen and oxygen atoms in total. The van der Waals surface area contributed by atoms with Gasteiger partial charge < -0.3 is 14.2 Å². The largest absolute Gasteiger partial charge is 0.496 e. The first-order chi connectivity index (χ1) is 13.3. The number of carbonyl (C=O) groups excluding carboxylic acids is 1. The topological polar surface area (TPSA) is 44.8 Å². The minimum atomic E-state index is -0.111. The van der Waals surface area contributed by atoms with Crippen LogP contribution < -0.4 is 14.2 Å². The van der Waals surface area contributed by atoms with Gasteiger partial charge in [0, 0.05) is 11.1 Å². The Bertz CT molecular complexity index is 855. The summed E-state index contributed by atoms with van der Waals surface area (Å²) in [5.74, 6) is 1.95. The molecule has 0 saturated heterocycles. The first-order valence-corrected chi connectivity index (χ1v) is 9.13. The van der Waals surface area contributed by atoms with Crippen molar-refractivity contribution in [1.82, 2.24) is 0 Å². The van der Waals surface area contributed by atoms with E-state index in [4.69, 9.17) is 14.2 Å². The molecular formula is C24H28O4. The van der Waals surface area contributed by atoms with E-state index in [1.165, 1.54) is 6.08 Å². The Morgan fingerprint density at radius 3 is 2.25 bits per heavy atom. The summed E-state index contributed by atoms with van der Waals surface area (Å²) < 4.78 is 16.6. The number of benzene rings is 2. The van der Waals surface area contributed by atoms with E-state index in [2.05, 4.69) is 27.4 Å². The molecule has 0 aliphatic heterocycles. The van der Waals surface area contributed by atoms with Gasteiger partial charge in [-0.15, -0.1) is 0 Å². The van der Waals surface area contributed by atoms with Crippen LogP contribution in [-0.2, 0) is 5.41 Å². The standard InChI is InChI=1S/C24H28O4/c1-7-16-28-18-10-8-17(9-11-18)21(25)14-12-19-22(26-5)15-13-20(23(19)27-6)24(2,3)4/h7-15H,1,16H2,2-6H3. The van der Waals surface area contributed by atoms with Gasteiger partial charge in [-0.3, -0.25) is 4.79 Å². The van der Waals surface area contributed by atoms with Gasteiger partial charge in [-0.05, 0) is 47.9 Å². The molecular weight excluding hydrogens is 352 g/mol. The van der Waals surface area contributed by atoms with Crippen molar-refractivity contribution in [2.24, 2.45) is 0 Å². The van der Waals surface area contributed by atoms with Crippen molar-refractivity contribution in [3.8, 4) is 17.2 Å². The lowest BCUT2D eigenvalue weighted by atomic mass is 9.85. The number of allylic oxidation sites excluding steroid dienone is 1. The van der Waals surface area contributed by atoms with Gasteiger partial charge in [-0.1, -0.05) is 39.5 Å². The lowest BCUT2D eigenvalue weighted by molar-refractivity contribution is 0.104. The van der Waals surface area contributed by atoms with E-state index in [1.807, 2.05) is 12.1 Å². The SMILES string of the molecule is C=CCOc1ccc(C(=O)C=Cc2c(OC)ccc(C(C)(C)C)c2OC)cc1. The van der Waals surface area contributed by atoms with Crippen molar-refractivity contribution in [1.29, 1.82) is 0 Å². The Labute approximate surface area is 167 Å². The average molecular weight is 380 g/mol. The van der Waals surface area contributed by atoms with Crippen LogP contribution in [0.4, 0.5) is 0 Å². The van der Waals surface area contributed by atoms with Gasteiger partial charge in [0.2, 0.25) is 0 Å². The summed E-state index contributed by atoms with van der Waals surface area (Å²) in [7, 11) is 3.23. The Morgan fingerprint density at radius 2 is 1.71 bits per heavy atom. The van der Waals surface area contributed by atoms with E-state index in [1.54, 1.807) is 50.6 Å². The molecule has 0 heterocycles. The minimum absolute atomic E-state index is 0.106. The lowest BCUT2D eigenvalue weighted by Gasteiger charge is -2.24. The number of rotatable bonds is 8. The quantitative estimate of drug-likeness (QED) is 0.346. The highest BCUT2D eigenvalue weighted by Crippen LogP contribution is 2.39. The predicted octanol–water partition coefficient (Wildman–Crippen LogP) is 5.46. The zero-order valence-corrected chi connectivity index (χ0v) is 17.2. The second-order valence-corrected chi connectivity index (χ2v) is 7.33. The number of ketones is 1. The molecule has 0 radical (unpaired) electrons. The van der Waals surface area contributed by atoms with Crippen LogP contribution in [-0.4, -0.2) is 26.6 Å². The highest BCUT2D eigenvalue weighted by molar-refractivity contribution is 6.07. The van der Waals surface area contributed by atoms with Crippen LogP contribution in [0.15, 0.2) is 55.1 Å². The number of hydrogen-bond acceptors (Lipinski definition) is 4. The van der Waals surface area contributed by atoms with Crippen LogP contribution in [0.3, 0.4) is 0 Å². The van der Waals surface area contributed by atoms with Crippen LogP contribution in [0.5, 0.6) is 17.2 Å². The Morgan fingerprint density at radius 1 is 1.04 bits per heavy atom. The summed E-state index contributed by atoms with van der Waals surface area (Å²) in [5, 5.41) is 0. The summed E-state index contributed by atoms with van der Waals surface area (Å²) in [4.78, 5) is 12.6. The van der Waals surface area contributed by atoms with Crippen molar-refractivity contribution >= 4 is 11.9 Å². The first-order valence-electron chi connectivity index (χ1n) is 9.13. The van der Waals surface area contributed by atoms with Crippen LogP contribution >= 0.6 is 0 Å². The molecule has 0 spiro atoms. The highest BCUT2D eigenvalue weighted by atomic mass is 16.5. The molecule has 2 rings (SSSR count). The predicted molar refractivity (Wildman–Crippen MR) is 114 cm³/mol. The van der Waals surface area contributed by atoms with Gasteiger partial charge in [0.25, 0.3) is 0 Å². The van der Waals surface area contributed by atoms with Gasteiger partial charge in [0.1, 0.15) is 23.9 Å². The summed E-state index contributed by atoms with van der Waals surface area (Å²) in [6.07, 6.45) is 4.96. The molecule has 28 heavy (non-hydrogen) atoms. The zero-order chi connectivity index (χ0) is 20.7. The van der Waals surface area contributed by atoms with E-state index in [0.717, 1.165) is 11.1 Å². The fourth-order valence-electron chi connectivity index (χ4n) is 2.85. The normalized spacial score (nSPS) is 11.3. The van der Waals surface area contributed by atoms with Gasteiger partial charge in [0.05, 0.1) is 19.8 Å². The summed E-state index contributed by atoms with van der Waals surface area (Å²) in [6.45, 7) is 10.4. The Kier molecular flexibility index (Phi) is 7.05. The van der Waals surface area contributed by atoms with Gasteiger partial charge in [-0.25, -0.2) is 0 Å². The molecule has 2 aromatic carbocycles. The van der Waals surface area contributed by atoms with Crippen LogP contribution in [0.1, 0.15) is 42.3 Å². The molecule has 2 aromatic rings. The third-order valence-electron chi connectivity index (χ3n) is 4.30. The zero-order valence-electron chi connectivity index (χ0n) is 17.2. The maximum Gasteiger partial charge on any atom is 0.185 e. The van der Waals surface area contributed by atoms with E-state index < -0.39 is 0 Å². The molecule has 0 N–H and O–H groups in total. The fraction of sp³-hybridized carbons (Fsp3) is 0.292. The van der Waals surface area contributed by atoms with Crippen molar-refractivity contribution in [2.45, 2.75) is 26.2 Å². The monoisotopic (exact) mass is 380 g/mol. The third kappa shape index (κ3) is 5.03. The number of methoxy groups -OCH3 is 2. The average Bonchev–Trinajstić information content (AvgIpc) is 2.69. The van der Waals surface area contributed by atoms with E-state index in [9.17, 15) is 4.79 Å². The second-order valence-electron chi connectivity index (χ2n) is 7.33. The summed E-state index contributed by atoms with van der Waals surface area (Å²) >= 11 is 0. The molecule has 0 aromatic heterocycles. The van der Waals surface area contributed by atoms with Crippen LogP contribution in [0.2, 0.25) is 0 Å². The molecule has 0 atom stereocenters. The molecule has 148 valence electrons. The smallest absolute Gasteiger partial charge is 0.185 e. The van der Waals surface area contributed by atoms with Gasteiger partial charge >= 0.3 is 0 Å². The van der Waals surface area contributed by atoms with Crippen molar-refractivity contribution in [3.63, 3.8) is 0 Å². The fourth-order valence-corrected chi connectivity index (χ4v) is 2.85. The van der Waals surface area contributed by atoms with Crippen LogP contribution in [0.25, 0.3) is 6.08 Å².